The first-order valence-electron chi connectivity index (χ1n) is 25.9. The summed E-state index contributed by atoms with van der Waals surface area (Å²) in [7, 11) is -5.50. The van der Waals surface area contributed by atoms with Crippen molar-refractivity contribution >= 4 is 46.2 Å². The number of esters is 3. The molecule has 1 heterocycles. The molecule has 2 bridgehead atoms. The first-order valence-corrected chi connectivity index (χ1v) is 31.3. The van der Waals surface area contributed by atoms with Gasteiger partial charge in [-0.3, -0.25) is 14.4 Å². The van der Waals surface area contributed by atoms with E-state index in [9.17, 15) is 24.6 Å². The lowest BCUT2D eigenvalue weighted by Crippen LogP contribution is -2.82. The van der Waals surface area contributed by atoms with E-state index in [1.807, 2.05) is 39.9 Å². The lowest BCUT2D eigenvalue weighted by molar-refractivity contribution is -0.344. The predicted octanol–water partition coefficient (Wildman–Crippen LogP) is 9.22. The normalized spacial score (nSPS) is 29.7. The summed E-state index contributed by atoms with van der Waals surface area (Å²) in [6, 6.07) is 26.9. The first-order chi connectivity index (χ1) is 34.2. The van der Waals surface area contributed by atoms with E-state index in [2.05, 4.69) is 26.1 Å². The van der Waals surface area contributed by atoms with Gasteiger partial charge < -0.3 is 43.3 Å². The molecule has 3 fully saturated rings. The van der Waals surface area contributed by atoms with E-state index in [4.69, 9.17) is 27.8 Å². The topological polar surface area (TPSA) is 193 Å². The van der Waals surface area contributed by atoms with Gasteiger partial charge in [-0.15, -0.1) is 0 Å². The van der Waals surface area contributed by atoms with Gasteiger partial charge in [0, 0.05) is 30.7 Å². The summed E-state index contributed by atoms with van der Waals surface area (Å²) in [6.07, 6.45) is -8.52. The average Bonchev–Trinajstić information content (AvgIpc) is 3.35. The molecule has 4 aliphatic rings. The highest BCUT2D eigenvalue weighted by atomic mass is 28.4. The number of ether oxygens (including phenoxy) is 4. The molecule has 0 unspecified atom stereocenters. The SMILES string of the molecule is CC[Si](CC)(CC)O[C@H]1C[C@H]2OC[C@@]2(OC(C)=O)[C@H]2[C@H](OC(=O)c3ccccc3)[C@]3(O)C[C@H](OC(=O)[C@H](O[Si](C)(C)C(C)(C)C)[C@@H](NC(=O)c4ccccc4)c4ccccc4)C(C)=C([C@H](O)C(=O)[C@]12C)C3(C)C. The highest BCUT2D eigenvalue weighted by Crippen LogP contribution is 2.65. The molecule has 1 saturated heterocycles. The van der Waals surface area contributed by atoms with Gasteiger partial charge in [-0.05, 0) is 91.1 Å². The van der Waals surface area contributed by atoms with Crippen molar-refractivity contribution in [3.63, 3.8) is 0 Å². The quantitative estimate of drug-likeness (QED) is 0.0533. The van der Waals surface area contributed by atoms with Crippen LogP contribution in [0.2, 0.25) is 36.3 Å². The van der Waals surface area contributed by atoms with Gasteiger partial charge in [0.05, 0.1) is 35.6 Å². The van der Waals surface area contributed by atoms with Crippen molar-refractivity contribution in [3.05, 3.63) is 119 Å². The zero-order valence-corrected chi connectivity index (χ0v) is 46.9. The van der Waals surface area contributed by atoms with Crippen LogP contribution < -0.4 is 5.32 Å². The van der Waals surface area contributed by atoms with Gasteiger partial charge in [-0.1, -0.05) is 122 Å². The van der Waals surface area contributed by atoms with E-state index in [1.165, 1.54) is 6.92 Å². The van der Waals surface area contributed by atoms with Crippen LogP contribution in [0.5, 0.6) is 0 Å². The van der Waals surface area contributed by atoms with Gasteiger partial charge >= 0.3 is 17.9 Å². The van der Waals surface area contributed by atoms with Crippen molar-refractivity contribution < 1.29 is 62.0 Å². The number of rotatable bonds is 16. The van der Waals surface area contributed by atoms with Crippen LogP contribution in [0, 0.1) is 16.7 Å². The molecule has 14 nitrogen and oxygen atoms in total. The summed E-state index contributed by atoms with van der Waals surface area (Å²) in [5.41, 5.74) is -5.85. The van der Waals surface area contributed by atoms with Crippen molar-refractivity contribution in [1.29, 1.82) is 0 Å². The molecule has 16 heteroatoms. The smallest absolute Gasteiger partial charge is 0.338 e. The minimum absolute atomic E-state index is 0.0839. The minimum Gasteiger partial charge on any atom is -0.456 e. The fourth-order valence-corrected chi connectivity index (χ4v) is 16.2. The van der Waals surface area contributed by atoms with E-state index in [-0.39, 0.29) is 24.2 Å². The zero-order chi connectivity index (χ0) is 53.7. The third-order valence-electron chi connectivity index (χ3n) is 17.7. The molecule has 73 heavy (non-hydrogen) atoms. The van der Waals surface area contributed by atoms with Crippen LogP contribution in [0.4, 0.5) is 0 Å². The molecule has 3 aromatic carbocycles. The Morgan fingerprint density at radius 2 is 1.40 bits per heavy atom. The Labute approximate surface area is 433 Å². The number of aliphatic hydroxyl groups excluding tert-OH is 1. The van der Waals surface area contributed by atoms with Crippen molar-refractivity contribution in [2.45, 2.75) is 179 Å². The second-order valence-electron chi connectivity index (χ2n) is 23.0. The Hall–Kier alpha value is -4.82. The van der Waals surface area contributed by atoms with Crippen LogP contribution in [-0.4, -0.2) is 111 Å². The molecule has 1 aliphatic heterocycles. The number of fused-ring (bicyclic) bond motifs is 5. The minimum atomic E-state index is -2.90. The maximum atomic E-state index is 16.1. The second kappa shape index (κ2) is 20.7. The maximum absolute atomic E-state index is 16.1. The van der Waals surface area contributed by atoms with E-state index >= 15 is 9.59 Å². The number of Topliss-reactive ketones (excluding diaryl/α,β-unsaturated/α-hetero) is 1. The fraction of sp³-hybridized carbons (Fsp3) is 0.561. The molecule has 0 spiro atoms. The molecule has 3 aliphatic carbocycles. The standard InChI is InChI=1S/C57H77NO13Si2/c1-14-73(15-2,16-3)70-41-32-42-56(34-66-42,69-36(5)59)47-49(68-51(63)39-30-24-19-25-31-39)57(65)33-40(35(4)43(54(57,9)10)45(60)48(61)55(41,47)11)67-52(64)46(71-72(12,13)53(6,7)8)44(37-26-20-17-21-27-37)58-50(62)38-28-22-18-23-29-38/h17-31,40-42,44-47,49,60,65H,14-16,32-34H2,1-13H3,(H,58,62)/t40-,41-,42+,44-,45-,46+,47-,49-,55+,56-,57+/m0/s1. The Morgan fingerprint density at radius 1 is 0.849 bits per heavy atom. The van der Waals surface area contributed by atoms with E-state index < -0.39 is 128 Å². The van der Waals surface area contributed by atoms with Crippen LogP contribution in [0.1, 0.15) is 121 Å². The number of carbonyl (C=O) groups is 5. The zero-order valence-electron chi connectivity index (χ0n) is 44.9. The van der Waals surface area contributed by atoms with Crippen molar-refractivity contribution in [2.75, 3.05) is 6.61 Å². The van der Waals surface area contributed by atoms with Crippen LogP contribution >= 0.6 is 0 Å². The molecule has 0 radical (unpaired) electrons. The fourth-order valence-electron chi connectivity index (χ4n) is 12.0. The van der Waals surface area contributed by atoms with E-state index in [0.717, 1.165) is 18.1 Å². The summed E-state index contributed by atoms with van der Waals surface area (Å²) < 4.78 is 40.4. The average molecular weight is 1040 g/mol. The molecular formula is C57H77NO13Si2. The summed E-state index contributed by atoms with van der Waals surface area (Å²) in [5, 5.41) is 29.9. The number of nitrogens with one attached hydrogen (secondary N) is 1. The van der Waals surface area contributed by atoms with Crippen LogP contribution in [0.15, 0.2) is 102 Å². The molecule has 1 amide bonds. The highest BCUT2D eigenvalue weighted by Gasteiger charge is 2.78. The van der Waals surface area contributed by atoms with Crippen LogP contribution in [0.25, 0.3) is 0 Å². The molecule has 2 saturated carbocycles. The third-order valence-corrected chi connectivity index (χ3v) is 26.8. The number of hydrogen-bond donors (Lipinski definition) is 3. The van der Waals surface area contributed by atoms with Gasteiger partial charge in [0.1, 0.15) is 30.0 Å². The van der Waals surface area contributed by atoms with Crippen molar-refractivity contribution in [3.8, 4) is 0 Å². The number of amides is 1. The molecule has 3 N–H and O–H groups in total. The van der Waals surface area contributed by atoms with Gasteiger partial charge in [-0.25, -0.2) is 9.59 Å². The van der Waals surface area contributed by atoms with Gasteiger partial charge in [-0.2, -0.15) is 0 Å². The molecular weight excluding hydrogens is 963 g/mol. The molecule has 0 aromatic heterocycles. The van der Waals surface area contributed by atoms with Crippen LogP contribution in [-0.2, 0) is 42.2 Å². The molecule has 396 valence electrons. The summed E-state index contributed by atoms with van der Waals surface area (Å²) in [5.74, 6) is -4.91. The number of ketones is 1. The Balaban J connectivity index is 1.44. The van der Waals surface area contributed by atoms with Gasteiger partial charge in [0.25, 0.3) is 5.91 Å². The highest BCUT2D eigenvalue weighted by molar-refractivity contribution is 6.74. The Morgan fingerprint density at radius 3 is 1.90 bits per heavy atom. The van der Waals surface area contributed by atoms with E-state index in [0.29, 0.717) is 16.7 Å². The molecule has 3 aromatic rings. The largest absolute Gasteiger partial charge is 0.456 e. The summed E-state index contributed by atoms with van der Waals surface area (Å²) in [4.78, 5) is 74.0. The number of hydrogen-bond acceptors (Lipinski definition) is 13. The Kier molecular flexibility index (Phi) is 15.9. The lowest BCUT2D eigenvalue weighted by Gasteiger charge is -2.68. The van der Waals surface area contributed by atoms with E-state index in [1.54, 1.807) is 113 Å². The third kappa shape index (κ3) is 9.86. The molecule has 7 rings (SSSR count). The van der Waals surface area contributed by atoms with Gasteiger partial charge in [0.2, 0.25) is 0 Å². The van der Waals surface area contributed by atoms with Crippen LogP contribution in [0.3, 0.4) is 0 Å². The summed E-state index contributed by atoms with van der Waals surface area (Å²) >= 11 is 0. The lowest BCUT2D eigenvalue weighted by atomic mass is 9.44. The number of aliphatic hydroxyl groups is 2. The van der Waals surface area contributed by atoms with Crippen molar-refractivity contribution in [1.82, 2.24) is 5.32 Å². The monoisotopic (exact) mass is 1040 g/mol. The molecule has 11 atom stereocenters. The Bertz CT molecular complexity index is 2550. The maximum Gasteiger partial charge on any atom is 0.338 e. The summed E-state index contributed by atoms with van der Waals surface area (Å²) in [6.45, 7) is 24.0. The number of carbonyl (C=O) groups excluding carboxylic acids is 5. The predicted molar refractivity (Wildman–Crippen MR) is 280 cm³/mol. The van der Waals surface area contributed by atoms with Gasteiger partial charge in [0.15, 0.2) is 34.1 Å². The first kappa shape index (κ1) is 55.9. The van der Waals surface area contributed by atoms with Crippen molar-refractivity contribution in [2.24, 2.45) is 16.7 Å². The number of benzene rings is 3. The second-order valence-corrected chi connectivity index (χ2v) is 32.4.